The Hall–Kier alpha value is -1.37. The minimum Gasteiger partial charge on any atom is -0.294 e. The van der Waals surface area contributed by atoms with E-state index in [0.29, 0.717) is 24.0 Å². The van der Waals surface area contributed by atoms with Crippen LogP contribution >= 0.6 is 0 Å². The molecule has 100 valence electrons. The van der Waals surface area contributed by atoms with Gasteiger partial charge < -0.3 is 0 Å². The van der Waals surface area contributed by atoms with E-state index < -0.39 is 0 Å². The van der Waals surface area contributed by atoms with Crippen molar-refractivity contribution in [3.05, 3.63) is 46.5 Å². The summed E-state index contributed by atoms with van der Waals surface area (Å²) in [6, 6.07) is 8.56. The van der Waals surface area contributed by atoms with Gasteiger partial charge in [0.1, 0.15) is 0 Å². The van der Waals surface area contributed by atoms with Crippen LogP contribution in [0.1, 0.15) is 56.6 Å². The zero-order valence-electron chi connectivity index (χ0n) is 11.9. The van der Waals surface area contributed by atoms with E-state index in [1.165, 1.54) is 35.1 Å². The Balaban J connectivity index is 2.19. The summed E-state index contributed by atoms with van der Waals surface area (Å²) in [6.45, 7) is 4.58. The summed E-state index contributed by atoms with van der Waals surface area (Å²) in [5, 5.41) is 0. The molecule has 0 fully saturated rings. The number of hydrogen-bond donors (Lipinski definition) is 0. The molecule has 0 radical (unpaired) electrons. The van der Waals surface area contributed by atoms with E-state index in [-0.39, 0.29) is 0 Å². The first-order valence-corrected chi connectivity index (χ1v) is 7.51. The third-order valence-corrected chi connectivity index (χ3v) is 4.63. The summed E-state index contributed by atoms with van der Waals surface area (Å²) < 4.78 is 0. The Kier molecular flexibility index (Phi) is 3.30. The highest BCUT2D eigenvalue weighted by Gasteiger charge is 2.32. The van der Waals surface area contributed by atoms with Gasteiger partial charge in [-0.25, -0.2) is 0 Å². The molecule has 0 heterocycles. The molecule has 2 aliphatic carbocycles. The molecule has 1 nitrogen and oxygen atoms in total. The Morgan fingerprint density at radius 1 is 1.11 bits per heavy atom. The number of Topliss-reactive ketones (excluding diaryl/α,β-unsaturated/α-hetero) is 1. The van der Waals surface area contributed by atoms with Gasteiger partial charge in [-0.2, -0.15) is 0 Å². The van der Waals surface area contributed by atoms with Crippen molar-refractivity contribution < 1.29 is 4.79 Å². The van der Waals surface area contributed by atoms with Crippen LogP contribution in [0.3, 0.4) is 0 Å². The van der Waals surface area contributed by atoms with E-state index >= 15 is 0 Å². The van der Waals surface area contributed by atoms with Crippen LogP contribution in [-0.4, -0.2) is 5.78 Å². The molecule has 1 aromatic rings. The fourth-order valence-corrected chi connectivity index (χ4v) is 3.82. The molecule has 1 aromatic carbocycles. The van der Waals surface area contributed by atoms with Gasteiger partial charge >= 0.3 is 0 Å². The number of carbonyl (C=O) groups excluding carboxylic acids is 1. The maximum atomic E-state index is 12.5. The first-order chi connectivity index (χ1) is 9.18. The molecule has 1 unspecified atom stereocenters. The first kappa shape index (κ1) is 12.7. The molecule has 0 aliphatic heterocycles. The fourth-order valence-electron chi connectivity index (χ4n) is 3.82. The molecule has 2 aliphatic rings. The summed E-state index contributed by atoms with van der Waals surface area (Å²) in [5.74, 6) is 1.40. The lowest BCUT2D eigenvalue weighted by Gasteiger charge is -2.29. The average Bonchev–Trinajstić information content (AvgIpc) is 2.53. The van der Waals surface area contributed by atoms with Gasteiger partial charge in [0.25, 0.3) is 0 Å². The van der Waals surface area contributed by atoms with E-state index in [0.717, 1.165) is 12.8 Å². The maximum absolute atomic E-state index is 12.5. The molecule has 0 amide bonds. The van der Waals surface area contributed by atoms with Crippen LogP contribution in [0.25, 0.3) is 0 Å². The molecule has 0 spiro atoms. The normalized spacial score (nSPS) is 23.1. The van der Waals surface area contributed by atoms with E-state index in [4.69, 9.17) is 0 Å². The van der Waals surface area contributed by atoms with Gasteiger partial charge in [0, 0.05) is 12.3 Å². The van der Waals surface area contributed by atoms with Crippen LogP contribution < -0.4 is 0 Å². The van der Waals surface area contributed by atoms with Gasteiger partial charge in [-0.3, -0.25) is 4.79 Å². The van der Waals surface area contributed by atoms with Crippen molar-refractivity contribution in [1.82, 2.24) is 0 Å². The topological polar surface area (TPSA) is 17.1 Å². The van der Waals surface area contributed by atoms with Crippen LogP contribution in [0.4, 0.5) is 0 Å². The molecule has 1 heteroatoms. The van der Waals surface area contributed by atoms with Crippen molar-refractivity contribution in [2.24, 2.45) is 5.92 Å². The summed E-state index contributed by atoms with van der Waals surface area (Å²) in [5.41, 5.74) is 5.27. The van der Waals surface area contributed by atoms with Crippen molar-refractivity contribution in [1.29, 1.82) is 0 Å². The van der Waals surface area contributed by atoms with Crippen molar-refractivity contribution in [2.75, 3.05) is 0 Å². The molecular weight excluding hydrogens is 232 g/mol. The Bertz CT molecular complexity index is 536. The standard InChI is InChI=1S/C18H22O/c1-12(2)18-14-8-4-3-7-13(14)11-17(19)15-9-5-6-10-16(15)18/h3-4,7-8,12,18H,5-6,9-11H2,1-2H3. The van der Waals surface area contributed by atoms with Gasteiger partial charge in [-0.1, -0.05) is 43.7 Å². The van der Waals surface area contributed by atoms with Gasteiger partial charge in [0.2, 0.25) is 0 Å². The molecule has 3 rings (SSSR count). The molecule has 0 N–H and O–H groups in total. The second-order valence-electron chi connectivity index (χ2n) is 6.23. The van der Waals surface area contributed by atoms with E-state index in [1.54, 1.807) is 0 Å². The lowest BCUT2D eigenvalue weighted by atomic mass is 9.75. The second kappa shape index (κ2) is 4.96. The lowest BCUT2D eigenvalue weighted by Crippen LogP contribution is -2.15. The minimum atomic E-state index is 0.380. The Labute approximate surface area is 115 Å². The van der Waals surface area contributed by atoms with E-state index in [1.807, 2.05) is 0 Å². The van der Waals surface area contributed by atoms with Crippen molar-refractivity contribution >= 4 is 5.78 Å². The molecular formula is C18H22O. The zero-order valence-corrected chi connectivity index (χ0v) is 11.9. The Morgan fingerprint density at radius 3 is 2.63 bits per heavy atom. The minimum absolute atomic E-state index is 0.380. The van der Waals surface area contributed by atoms with Gasteiger partial charge in [0.15, 0.2) is 5.78 Å². The van der Waals surface area contributed by atoms with Crippen LogP contribution in [0.5, 0.6) is 0 Å². The van der Waals surface area contributed by atoms with Crippen LogP contribution in [0.15, 0.2) is 35.4 Å². The predicted octanol–water partition coefficient (Wildman–Crippen LogP) is 4.42. The first-order valence-electron chi connectivity index (χ1n) is 7.51. The number of hydrogen-bond acceptors (Lipinski definition) is 1. The molecule has 0 saturated carbocycles. The molecule has 19 heavy (non-hydrogen) atoms. The summed E-state index contributed by atoms with van der Waals surface area (Å²) in [7, 11) is 0. The van der Waals surface area contributed by atoms with Crippen molar-refractivity contribution in [2.45, 2.75) is 51.9 Å². The lowest BCUT2D eigenvalue weighted by molar-refractivity contribution is -0.115. The van der Waals surface area contributed by atoms with Crippen molar-refractivity contribution in [3.63, 3.8) is 0 Å². The smallest absolute Gasteiger partial charge is 0.163 e. The van der Waals surface area contributed by atoms with Crippen LogP contribution in [0.2, 0.25) is 0 Å². The van der Waals surface area contributed by atoms with Gasteiger partial charge in [-0.05, 0) is 48.3 Å². The molecule has 0 aromatic heterocycles. The van der Waals surface area contributed by atoms with Crippen LogP contribution in [0, 0.1) is 5.92 Å². The monoisotopic (exact) mass is 254 g/mol. The average molecular weight is 254 g/mol. The number of ketones is 1. The van der Waals surface area contributed by atoms with E-state index in [9.17, 15) is 4.79 Å². The molecule has 0 bridgehead atoms. The summed E-state index contributed by atoms with van der Waals surface area (Å²) >= 11 is 0. The number of carbonyl (C=O) groups is 1. The number of benzene rings is 1. The zero-order chi connectivity index (χ0) is 13.4. The third-order valence-electron chi connectivity index (χ3n) is 4.63. The van der Waals surface area contributed by atoms with Gasteiger partial charge in [-0.15, -0.1) is 0 Å². The summed E-state index contributed by atoms with van der Waals surface area (Å²) in [4.78, 5) is 12.5. The SMILES string of the molecule is CC(C)C1C2=C(CCCC2)C(=O)Cc2ccccc21. The highest BCUT2D eigenvalue weighted by molar-refractivity contribution is 5.98. The quantitative estimate of drug-likeness (QED) is 0.725. The van der Waals surface area contributed by atoms with Crippen LogP contribution in [-0.2, 0) is 11.2 Å². The highest BCUT2D eigenvalue weighted by Crippen LogP contribution is 2.43. The number of rotatable bonds is 1. The maximum Gasteiger partial charge on any atom is 0.163 e. The van der Waals surface area contributed by atoms with Crippen molar-refractivity contribution in [3.8, 4) is 0 Å². The molecule has 1 atom stereocenters. The number of allylic oxidation sites excluding steroid dienone is 2. The highest BCUT2D eigenvalue weighted by atomic mass is 16.1. The Morgan fingerprint density at radius 2 is 1.84 bits per heavy atom. The summed E-state index contributed by atoms with van der Waals surface area (Å²) in [6.07, 6.45) is 5.17. The fraction of sp³-hybridized carbons (Fsp3) is 0.500. The largest absolute Gasteiger partial charge is 0.294 e. The predicted molar refractivity (Wildman–Crippen MR) is 78.2 cm³/mol. The van der Waals surface area contributed by atoms with Gasteiger partial charge in [0.05, 0.1) is 0 Å². The number of fused-ring (bicyclic) bond motifs is 1. The third kappa shape index (κ3) is 2.16. The molecule has 0 saturated heterocycles. The second-order valence-corrected chi connectivity index (χ2v) is 6.23. The van der Waals surface area contributed by atoms with E-state index in [2.05, 4.69) is 38.1 Å².